The molecular weight excluding hydrogens is 382 g/mol. The molecule has 0 spiro atoms. The first-order valence-electron chi connectivity index (χ1n) is 9.25. The van der Waals surface area contributed by atoms with Crippen molar-refractivity contribution in [1.82, 2.24) is 9.47 Å². The van der Waals surface area contributed by atoms with Crippen molar-refractivity contribution in [2.75, 3.05) is 31.0 Å². The second kappa shape index (κ2) is 7.05. The van der Waals surface area contributed by atoms with Gasteiger partial charge in [-0.3, -0.25) is 9.52 Å². The molecule has 0 radical (unpaired) electrons. The Labute approximate surface area is 164 Å². The number of rotatable bonds is 4. The molecule has 150 valence electrons. The van der Waals surface area contributed by atoms with E-state index in [9.17, 15) is 13.2 Å². The van der Waals surface area contributed by atoms with Crippen LogP contribution in [0.25, 0.3) is 0 Å². The normalized spacial score (nSPS) is 16.3. The van der Waals surface area contributed by atoms with Crippen LogP contribution in [0.3, 0.4) is 0 Å². The van der Waals surface area contributed by atoms with Crippen molar-refractivity contribution >= 4 is 21.6 Å². The van der Waals surface area contributed by atoms with E-state index in [1.807, 2.05) is 0 Å². The first-order valence-corrected chi connectivity index (χ1v) is 10.7. The van der Waals surface area contributed by atoms with E-state index in [2.05, 4.69) is 4.72 Å². The molecule has 0 aliphatic carbocycles. The third-order valence-electron chi connectivity index (χ3n) is 5.19. The summed E-state index contributed by atoms with van der Waals surface area (Å²) in [7, 11) is -2.16. The lowest BCUT2D eigenvalue weighted by atomic mass is 10.3. The van der Waals surface area contributed by atoms with Crippen LogP contribution in [0.15, 0.2) is 29.2 Å². The van der Waals surface area contributed by atoms with Gasteiger partial charge in [-0.05, 0) is 38.0 Å². The van der Waals surface area contributed by atoms with E-state index in [-0.39, 0.29) is 10.8 Å². The summed E-state index contributed by atoms with van der Waals surface area (Å²) < 4.78 is 41.1. The molecular formula is C19H23N3O5S. The number of carbonyl (C=O) groups excluding carboxylic acids is 1. The fraction of sp³-hybridized carbons (Fsp3) is 0.421. The highest BCUT2D eigenvalue weighted by Crippen LogP contribution is 2.33. The number of likely N-dealkylation sites (tertiary alicyclic amines) is 1. The lowest BCUT2D eigenvalue weighted by Gasteiger charge is -2.19. The van der Waals surface area contributed by atoms with E-state index in [1.54, 1.807) is 41.6 Å². The van der Waals surface area contributed by atoms with Crippen molar-refractivity contribution in [3.63, 3.8) is 0 Å². The summed E-state index contributed by atoms with van der Waals surface area (Å²) in [6, 6.07) is 6.35. The van der Waals surface area contributed by atoms with Gasteiger partial charge in [0.05, 0.1) is 5.69 Å². The number of hydrogen-bond acceptors (Lipinski definition) is 5. The number of benzene rings is 1. The highest BCUT2D eigenvalue weighted by Gasteiger charge is 2.28. The molecule has 1 fully saturated rings. The van der Waals surface area contributed by atoms with Crippen LogP contribution in [0, 0.1) is 6.92 Å². The smallest absolute Gasteiger partial charge is 0.270 e. The van der Waals surface area contributed by atoms with Crippen molar-refractivity contribution in [3.8, 4) is 11.5 Å². The molecule has 4 rings (SSSR count). The quantitative estimate of drug-likeness (QED) is 0.842. The van der Waals surface area contributed by atoms with Gasteiger partial charge in [-0.25, -0.2) is 8.42 Å². The van der Waals surface area contributed by atoms with Gasteiger partial charge in [0.15, 0.2) is 11.5 Å². The Morgan fingerprint density at radius 3 is 2.46 bits per heavy atom. The monoisotopic (exact) mass is 405 g/mol. The molecule has 3 heterocycles. The predicted molar refractivity (Wildman–Crippen MR) is 104 cm³/mol. The molecule has 1 saturated heterocycles. The summed E-state index contributed by atoms with van der Waals surface area (Å²) in [5.74, 6) is 0.952. The summed E-state index contributed by atoms with van der Waals surface area (Å²) in [6.07, 6.45) is 1.96. The Balaban J connectivity index is 1.62. The van der Waals surface area contributed by atoms with Crippen molar-refractivity contribution in [1.29, 1.82) is 0 Å². The number of sulfonamides is 1. The Morgan fingerprint density at radius 1 is 1.07 bits per heavy atom. The lowest BCUT2D eigenvalue weighted by molar-refractivity contribution is 0.0783. The maximum atomic E-state index is 13.0. The van der Waals surface area contributed by atoms with Gasteiger partial charge in [-0.2, -0.15) is 0 Å². The number of anilines is 1. The molecule has 9 heteroatoms. The predicted octanol–water partition coefficient (Wildman–Crippen LogP) is 2.14. The molecule has 0 unspecified atom stereocenters. The number of carbonyl (C=O) groups is 1. The molecule has 1 aromatic heterocycles. The molecule has 1 N–H and O–H groups in total. The van der Waals surface area contributed by atoms with E-state index >= 15 is 0 Å². The van der Waals surface area contributed by atoms with Crippen LogP contribution in [0.5, 0.6) is 11.5 Å². The van der Waals surface area contributed by atoms with E-state index in [0.717, 1.165) is 12.8 Å². The topological polar surface area (TPSA) is 89.9 Å². The van der Waals surface area contributed by atoms with Crippen molar-refractivity contribution < 1.29 is 22.7 Å². The Kier molecular flexibility index (Phi) is 4.70. The van der Waals surface area contributed by atoms with Crippen LogP contribution in [-0.4, -0.2) is 50.1 Å². The van der Waals surface area contributed by atoms with E-state index < -0.39 is 10.0 Å². The SMILES string of the molecule is Cc1c(S(=O)(=O)Nc2ccc3c(c2)OCCO3)cc(C(=O)N2CCCC2)n1C. The minimum atomic E-state index is -3.87. The third-order valence-corrected chi connectivity index (χ3v) is 6.68. The second-order valence-corrected chi connectivity index (χ2v) is 8.65. The van der Waals surface area contributed by atoms with Crippen LogP contribution in [0.2, 0.25) is 0 Å². The van der Waals surface area contributed by atoms with Gasteiger partial charge < -0.3 is 18.9 Å². The minimum Gasteiger partial charge on any atom is -0.486 e. The maximum Gasteiger partial charge on any atom is 0.270 e. The minimum absolute atomic E-state index is 0.0902. The summed E-state index contributed by atoms with van der Waals surface area (Å²) in [6.45, 7) is 4.00. The van der Waals surface area contributed by atoms with E-state index in [0.29, 0.717) is 54.9 Å². The summed E-state index contributed by atoms with van der Waals surface area (Å²) >= 11 is 0. The first kappa shape index (κ1) is 18.7. The molecule has 0 bridgehead atoms. The van der Waals surface area contributed by atoms with E-state index in [1.165, 1.54) is 6.07 Å². The number of nitrogens with zero attached hydrogens (tertiary/aromatic N) is 2. The molecule has 2 aromatic rings. The average molecular weight is 405 g/mol. The maximum absolute atomic E-state index is 13.0. The molecule has 1 amide bonds. The highest BCUT2D eigenvalue weighted by atomic mass is 32.2. The molecule has 0 atom stereocenters. The number of aromatic nitrogens is 1. The van der Waals surface area contributed by atoms with Crippen LogP contribution < -0.4 is 14.2 Å². The summed E-state index contributed by atoms with van der Waals surface area (Å²) in [5, 5.41) is 0. The summed E-state index contributed by atoms with van der Waals surface area (Å²) in [4.78, 5) is 14.6. The van der Waals surface area contributed by atoms with Gasteiger partial charge in [0.1, 0.15) is 23.8 Å². The molecule has 2 aliphatic heterocycles. The fourth-order valence-corrected chi connectivity index (χ4v) is 4.89. The molecule has 0 saturated carbocycles. The standard InChI is InChI=1S/C19H23N3O5S/c1-13-18(12-15(21(13)2)19(23)22-7-3-4-8-22)28(24,25)20-14-5-6-16-17(11-14)27-10-9-26-16/h5-6,11-12,20H,3-4,7-10H2,1-2H3. The zero-order chi connectivity index (χ0) is 19.9. The zero-order valence-electron chi connectivity index (χ0n) is 15.9. The van der Waals surface area contributed by atoms with Crippen LogP contribution >= 0.6 is 0 Å². The van der Waals surface area contributed by atoms with Gasteiger partial charge in [0, 0.05) is 31.9 Å². The number of fused-ring (bicyclic) bond motifs is 1. The van der Waals surface area contributed by atoms with Crippen LogP contribution in [0.4, 0.5) is 5.69 Å². The Morgan fingerprint density at radius 2 is 1.75 bits per heavy atom. The van der Waals surface area contributed by atoms with Crippen LogP contribution in [0.1, 0.15) is 29.0 Å². The van der Waals surface area contributed by atoms with Crippen LogP contribution in [-0.2, 0) is 17.1 Å². The number of ether oxygens (including phenoxy) is 2. The number of nitrogens with one attached hydrogen (secondary N) is 1. The van der Waals surface area contributed by atoms with Crippen molar-refractivity contribution in [2.45, 2.75) is 24.7 Å². The number of amides is 1. The zero-order valence-corrected chi connectivity index (χ0v) is 16.7. The second-order valence-electron chi connectivity index (χ2n) is 7.00. The lowest BCUT2D eigenvalue weighted by Crippen LogP contribution is -2.29. The van der Waals surface area contributed by atoms with Gasteiger partial charge in [-0.15, -0.1) is 0 Å². The number of hydrogen-bond donors (Lipinski definition) is 1. The van der Waals surface area contributed by atoms with E-state index in [4.69, 9.17) is 9.47 Å². The largest absolute Gasteiger partial charge is 0.486 e. The third kappa shape index (κ3) is 3.30. The van der Waals surface area contributed by atoms with Gasteiger partial charge in [-0.1, -0.05) is 0 Å². The highest BCUT2D eigenvalue weighted by molar-refractivity contribution is 7.92. The van der Waals surface area contributed by atoms with Crippen molar-refractivity contribution in [3.05, 3.63) is 35.7 Å². The van der Waals surface area contributed by atoms with Crippen molar-refractivity contribution in [2.24, 2.45) is 7.05 Å². The summed E-state index contributed by atoms with van der Waals surface area (Å²) in [5.41, 5.74) is 1.26. The molecule has 28 heavy (non-hydrogen) atoms. The molecule has 8 nitrogen and oxygen atoms in total. The Hall–Kier alpha value is -2.68. The van der Waals surface area contributed by atoms with Gasteiger partial charge in [0.25, 0.3) is 15.9 Å². The first-order chi connectivity index (χ1) is 13.4. The average Bonchev–Trinajstić information content (AvgIpc) is 3.31. The van der Waals surface area contributed by atoms with Gasteiger partial charge >= 0.3 is 0 Å². The molecule has 2 aliphatic rings. The Bertz CT molecular complexity index is 1020. The fourth-order valence-electron chi connectivity index (χ4n) is 3.55. The molecule has 1 aromatic carbocycles. The van der Waals surface area contributed by atoms with Gasteiger partial charge in [0.2, 0.25) is 0 Å².